The monoisotopic (exact) mass is 347 g/mol. The zero-order valence-corrected chi connectivity index (χ0v) is 15.3. The third-order valence-electron chi connectivity index (χ3n) is 5.16. The lowest BCUT2D eigenvalue weighted by molar-refractivity contribution is -0.139. The zero-order chi connectivity index (χ0) is 18.4. The summed E-state index contributed by atoms with van der Waals surface area (Å²) < 4.78 is 5.28. The first-order valence-corrected chi connectivity index (χ1v) is 8.94. The number of alkyl carbamates (subject to hydrolysis) is 1. The molecule has 1 saturated carbocycles. The van der Waals surface area contributed by atoms with E-state index in [4.69, 9.17) is 4.74 Å². The molecule has 1 aromatic carbocycles. The molecule has 1 aliphatic rings. The smallest absolute Gasteiger partial charge is 0.407 e. The summed E-state index contributed by atoms with van der Waals surface area (Å²) in [6, 6.07) is 9.36. The Morgan fingerprint density at radius 1 is 1.20 bits per heavy atom. The van der Waals surface area contributed by atoms with Crippen LogP contribution in [-0.4, -0.2) is 23.2 Å². The van der Waals surface area contributed by atoms with Gasteiger partial charge in [0.05, 0.1) is 6.42 Å². The van der Waals surface area contributed by atoms with E-state index in [0.29, 0.717) is 5.92 Å². The molecule has 0 bridgehead atoms. The second-order valence-electron chi connectivity index (χ2n) is 8.05. The maximum Gasteiger partial charge on any atom is 0.407 e. The Hall–Kier alpha value is -2.04. The predicted octanol–water partition coefficient (Wildman–Crippen LogP) is 4.22. The number of aliphatic carboxylic acids is 1. The molecular formula is C20H29NO4. The third kappa shape index (κ3) is 6.07. The number of carboxylic acid groups (broad SMARTS) is 1. The molecule has 0 heterocycles. The van der Waals surface area contributed by atoms with E-state index in [0.717, 1.165) is 24.8 Å². The summed E-state index contributed by atoms with van der Waals surface area (Å²) in [5.74, 6) is -0.404. The minimum absolute atomic E-state index is 0.0558. The molecule has 1 fully saturated rings. The van der Waals surface area contributed by atoms with E-state index in [1.165, 1.54) is 0 Å². The van der Waals surface area contributed by atoms with Crippen molar-refractivity contribution in [2.75, 3.05) is 0 Å². The van der Waals surface area contributed by atoms with E-state index in [9.17, 15) is 14.7 Å². The summed E-state index contributed by atoms with van der Waals surface area (Å²) in [6.07, 6.45) is 2.21. The van der Waals surface area contributed by atoms with Crippen molar-refractivity contribution in [3.05, 3.63) is 35.9 Å². The average Bonchev–Trinajstić information content (AvgIpc) is 2.54. The topological polar surface area (TPSA) is 75.6 Å². The highest BCUT2D eigenvalue weighted by Gasteiger charge is 2.37. The standard InChI is InChI=1S/C20H29NO4/c1-20(2,3)16-9-10-17(15(11-16)12-18(22)23)21-19(24)25-13-14-7-5-4-6-8-14/h4-8,15-17H,9-13H2,1-3H3,(H,21,24)(H,22,23). The van der Waals surface area contributed by atoms with Crippen LogP contribution < -0.4 is 5.32 Å². The van der Waals surface area contributed by atoms with Crippen molar-refractivity contribution in [3.63, 3.8) is 0 Å². The molecular weight excluding hydrogens is 318 g/mol. The van der Waals surface area contributed by atoms with Gasteiger partial charge in [-0.15, -0.1) is 0 Å². The number of rotatable bonds is 5. The molecule has 0 radical (unpaired) electrons. The van der Waals surface area contributed by atoms with Crippen LogP contribution in [0.5, 0.6) is 0 Å². The molecule has 1 aromatic rings. The number of hydrogen-bond donors (Lipinski definition) is 2. The van der Waals surface area contributed by atoms with Gasteiger partial charge in [-0.25, -0.2) is 4.79 Å². The van der Waals surface area contributed by atoms with Crippen LogP contribution in [0.2, 0.25) is 0 Å². The Labute approximate surface area is 149 Å². The van der Waals surface area contributed by atoms with Gasteiger partial charge in [0.2, 0.25) is 0 Å². The minimum atomic E-state index is -0.816. The van der Waals surface area contributed by atoms with E-state index >= 15 is 0 Å². The van der Waals surface area contributed by atoms with Crippen molar-refractivity contribution in [2.24, 2.45) is 17.3 Å². The number of carbonyl (C=O) groups excluding carboxylic acids is 1. The van der Waals surface area contributed by atoms with Gasteiger partial charge in [-0.2, -0.15) is 0 Å². The number of hydrogen-bond acceptors (Lipinski definition) is 3. The molecule has 138 valence electrons. The molecule has 25 heavy (non-hydrogen) atoms. The molecule has 2 rings (SSSR count). The van der Waals surface area contributed by atoms with Gasteiger partial charge in [-0.05, 0) is 42.1 Å². The largest absolute Gasteiger partial charge is 0.481 e. The van der Waals surface area contributed by atoms with Gasteiger partial charge in [0, 0.05) is 6.04 Å². The minimum Gasteiger partial charge on any atom is -0.481 e. The van der Waals surface area contributed by atoms with Gasteiger partial charge in [0.1, 0.15) is 6.61 Å². The van der Waals surface area contributed by atoms with E-state index < -0.39 is 12.1 Å². The van der Waals surface area contributed by atoms with Crippen LogP contribution in [0.1, 0.15) is 52.0 Å². The highest BCUT2D eigenvalue weighted by atomic mass is 16.5. The molecule has 3 atom stereocenters. The summed E-state index contributed by atoms with van der Waals surface area (Å²) in [5.41, 5.74) is 1.08. The van der Waals surface area contributed by atoms with Crippen LogP contribution in [0, 0.1) is 17.3 Å². The van der Waals surface area contributed by atoms with Crippen LogP contribution >= 0.6 is 0 Å². The Balaban J connectivity index is 1.91. The maximum absolute atomic E-state index is 12.1. The van der Waals surface area contributed by atoms with Gasteiger partial charge < -0.3 is 15.2 Å². The molecule has 0 spiro atoms. The lowest BCUT2D eigenvalue weighted by Crippen LogP contribution is -2.46. The molecule has 5 nitrogen and oxygen atoms in total. The number of nitrogens with one attached hydrogen (secondary N) is 1. The molecule has 0 aromatic heterocycles. The van der Waals surface area contributed by atoms with Crippen molar-refractivity contribution in [2.45, 2.75) is 59.1 Å². The van der Waals surface area contributed by atoms with Crippen LogP contribution in [-0.2, 0) is 16.1 Å². The van der Waals surface area contributed by atoms with Crippen LogP contribution in [0.4, 0.5) is 4.79 Å². The second kappa shape index (κ2) is 8.37. The zero-order valence-electron chi connectivity index (χ0n) is 15.3. The van der Waals surface area contributed by atoms with Crippen molar-refractivity contribution in [1.82, 2.24) is 5.32 Å². The summed E-state index contributed by atoms with van der Waals surface area (Å²) >= 11 is 0. The number of carbonyl (C=O) groups is 2. The van der Waals surface area contributed by atoms with Crippen LogP contribution in [0.3, 0.4) is 0 Å². The average molecular weight is 347 g/mol. The molecule has 1 aliphatic carbocycles. The Morgan fingerprint density at radius 3 is 2.48 bits per heavy atom. The van der Waals surface area contributed by atoms with E-state index in [-0.39, 0.29) is 30.4 Å². The fourth-order valence-corrected chi connectivity index (χ4v) is 3.61. The normalized spacial score (nSPS) is 23.7. The Bertz CT molecular complexity index is 579. The Morgan fingerprint density at radius 2 is 1.88 bits per heavy atom. The van der Waals surface area contributed by atoms with Crippen molar-refractivity contribution in [1.29, 1.82) is 0 Å². The quantitative estimate of drug-likeness (QED) is 0.836. The summed E-state index contributed by atoms with van der Waals surface area (Å²) in [7, 11) is 0. The van der Waals surface area contributed by atoms with Gasteiger partial charge in [0.15, 0.2) is 0 Å². The molecule has 5 heteroatoms. The highest BCUT2D eigenvalue weighted by Crippen LogP contribution is 2.41. The number of carboxylic acids is 1. The number of amides is 1. The molecule has 0 aliphatic heterocycles. The second-order valence-corrected chi connectivity index (χ2v) is 8.05. The summed E-state index contributed by atoms with van der Waals surface area (Å²) in [6.45, 7) is 6.79. The summed E-state index contributed by atoms with van der Waals surface area (Å²) in [5, 5.41) is 12.1. The lowest BCUT2D eigenvalue weighted by atomic mass is 9.67. The van der Waals surface area contributed by atoms with Gasteiger partial charge in [-0.1, -0.05) is 51.1 Å². The van der Waals surface area contributed by atoms with Crippen molar-refractivity contribution in [3.8, 4) is 0 Å². The predicted molar refractivity (Wildman–Crippen MR) is 96.1 cm³/mol. The fourth-order valence-electron chi connectivity index (χ4n) is 3.61. The summed E-state index contributed by atoms with van der Waals surface area (Å²) in [4.78, 5) is 23.3. The third-order valence-corrected chi connectivity index (χ3v) is 5.16. The molecule has 0 saturated heterocycles. The molecule has 1 amide bonds. The van der Waals surface area contributed by atoms with E-state index in [1.54, 1.807) is 0 Å². The molecule has 2 N–H and O–H groups in total. The first kappa shape index (κ1) is 19.3. The van der Waals surface area contributed by atoms with E-state index in [2.05, 4.69) is 26.1 Å². The first-order chi connectivity index (χ1) is 11.8. The van der Waals surface area contributed by atoms with E-state index in [1.807, 2.05) is 30.3 Å². The van der Waals surface area contributed by atoms with Gasteiger partial charge >= 0.3 is 12.1 Å². The maximum atomic E-state index is 12.1. The first-order valence-electron chi connectivity index (χ1n) is 8.94. The number of ether oxygens (including phenoxy) is 1. The Kier molecular flexibility index (Phi) is 6.45. The van der Waals surface area contributed by atoms with Crippen LogP contribution in [0.25, 0.3) is 0 Å². The fraction of sp³-hybridized carbons (Fsp3) is 0.600. The van der Waals surface area contributed by atoms with Crippen molar-refractivity contribution >= 4 is 12.1 Å². The van der Waals surface area contributed by atoms with Crippen LogP contribution in [0.15, 0.2) is 30.3 Å². The highest BCUT2D eigenvalue weighted by molar-refractivity contribution is 5.69. The molecule has 3 unspecified atom stereocenters. The van der Waals surface area contributed by atoms with Crippen molar-refractivity contribution < 1.29 is 19.4 Å². The van der Waals surface area contributed by atoms with Gasteiger partial charge in [0.25, 0.3) is 0 Å². The van der Waals surface area contributed by atoms with Gasteiger partial charge in [-0.3, -0.25) is 4.79 Å². The SMILES string of the molecule is CC(C)(C)C1CCC(NC(=O)OCc2ccccc2)C(CC(=O)O)C1. The lowest BCUT2D eigenvalue weighted by Gasteiger charge is -2.41. The number of benzene rings is 1.